The van der Waals surface area contributed by atoms with Gasteiger partial charge in [0, 0.05) is 12.2 Å². The van der Waals surface area contributed by atoms with Crippen molar-refractivity contribution in [3.05, 3.63) is 46.2 Å². The van der Waals surface area contributed by atoms with E-state index in [0.717, 1.165) is 23.6 Å². The highest BCUT2D eigenvalue weighted by Crippen LogP contribution is 2.33. The quantitative estimate of drug-likeness (QED) is 0.484. The highest BCUT2D eigenvalue weighted by atomic mass is 32.1. The number of nitrogens with zero attached hydrogens (tertiary/aromatic N) is 4. The molecule has 14 heteroatoms. The predicted molar refractivity (Wildman–Crippen MR) is 122 cm³/mol. The lowest BCUT2D eigenvalue weighted by molar-refractivity contribution is -0.137. The van der Waals surface area contributed by atoms with Crippen molar-refractivity contribution in [2.75, 3.05) is 7.11 Å². The molecule has 0 aromatic carbocycles. The molecular formula is C22H23F3N6O4S. The van der Waals surface area contributed by atoms with Crippen molar-refractivity contribution in [3.8, 4) is 16.9 Å². The topological polar surface area (TPSA) is 134 Å². The number of rotatable bonds is 7. The van der Waals surface area contributed by atoms with Gasteiger partial charge in [0.05, 0.1) is 30.1 Å². The highest BCUT2D eigenvalue weighted by Gasteiger charge is 2.31. The van der Waals surface area contributed by atoms with E-state index in [9.17, 15) is 22.8 Å². The van der Waals surface area contributed by atoms with E-state index in [2.05, 4.69) is 20.4 Å². The maximum atomic E-state index is 12.9. The van der Waals surface area contributed by atoms with E-state index in [0.29, 0.717) is 36.9 Å². The first-order valence-electron chi connectivity index (χ1n) is 11.0. The minimum Gasteiger partial charge on any atom is -0.473 e. The molecular weight excluding hydrogens is 501 g/mol. The minimum atomic E-state index is -4.49. The number of pyridine rings is 1. The Morgan fingerprint density at radius 1 is 1.19 bits per heavy atom. The second-order valence-corrected chi connectivity index (χ2v) is 9.17. The van der Waals surface area contributed by atoms with Crippen molar-refractivity contribution in [1.82, 2.24) is 25.1 Å². The molecule has 1 fully saturated rings. The van der Waals surface area contributed by atoms with Gasteiger partial charge in [0.1, 0.15) is 6.10 Å². The molecule has 3 N–H and O–H groups in total. The SMILES string of the molecule is COc1nc(O[C@H]2CC[C@H](NC(=O)c3cnn(-c4ccc(C(F)(F)F)cn4)c3C)CC2)c(C(N)=O)s1. The molecule has 36 heavy (non-hydrogen) atoms. The van der Waals surface area contributed by atoms with Crippen molar-refractivity contribution in [1.29, 1.82) is 0 Å². The van der Waals surface area contributed by atoms with Gasteiger partial charge in [0.2, 0.25) is 5.88 Å². The Labute approximate surface area is 207 Å². The van der Waals surface area contributed by atoms with Gasteiger partial charge in [-0.2, -0.15) is 23.3 Å². The molecule has 3 aromatic heterocycles. The summed E-state index contributed by atoms with van der Waals surface area (Å²) in [4.78, 5) is 32.6. The number of carbonyl (C=O) groups is 2. The number of ether oxygens (including phenoxy) is 2. The number of nitrogens with two attached hydrogens (primary N) is 1. The van der Waals surface area contributed by atoms with E-state index in [1.807, 2.05) is 0 Å². The van der Waals surface area contributed by atoms with Gasteiger partial charge in [-0.15, -0.1) is 0 Å². The Bertz CT molecular complexity index is 1250. The van der Waals surface area contributed by atoms with Crippen LogP contribution in [0.1, 0.15) is 57.0 Å². The number of halogens is 3. The molecule has 2 amide bonds. The number of hydrogen-bond acceptors (Lipinski definition) is 8. The third-order valence-electron chi connectivity index (χ3n) is 5.81. The predicted octanol–water partition coefficient (Wildman–Crippen LogP) is 3.28. The van der Waals surface area contributed by atoms with Crippen LogP contribution in [0.5, 0.6) is 11.1 Å². The third kappa shape index (κ3) is 5.42. The van der Waals surface area contributed by atoms with Crippen LogP contribution in [-0.2, 0) is 6.18 Å². The van der Waals surface area contributed by atoms with Crippen molar-refractivity contribution < 1.29 is 32.2 Å². The molecule has 0 spiro atoms. The van der Waals surface area contributed by atoms with Gasteiger partial charge in [-0.3, -0.25) is 9.59 Å². The van der Waals surface area contributed by atoms with Gasteiger partial charge in [-0.05, 0) is 44.7 Å². The summed E-state index contributed by atoms with van der Waals surface area (Å²) in [6.07, 6.45) is -0.0815. The summed E-state index contributed by atoms with van der Waals surface area (Å²) in [5, 5.41) is 7.37. The fraction of sp³-hybridized carbons (Fsp3) is 0.409. The number of hydrogen-bond donors (Lipinski definition) is 2. The number of methoxy groups -OCH3 is 1. The van der Waals surface area contributed by atoms with Crippen molar-refractivity contribution in [2.24, 2.45) is 5.73 Å². The third-order valence-corrected chi connectivity index (χ3v) is 6.82. The molecule has 0 atom stereocenters. The first kappa shape index (κ1) is 25.4. The van der Waals surface area contributed by atoms with Crippen molar-refractivity contribution >= 4 is 23.2 Å². The molecule has 10 nitrogen and oxygen atoms in total. The van der Waals surface area contributed by atoms with Gasteiger partial charge in [0.15, 0.2) is 10.7 Å². The van der Waals surface area contributed by atoms with Crippen LogP contribution in [0.3, 0.4) is 0 Å². The zero-order valence-corrected chi connectivity index (χ0v) is 20.2. The van der Waals surface area contributed by atoms with Crippen LogP contribution in [-0.4, -0.2) is 50.8 Å². The smallest absolute Gasteiger partial charge is 0.417 e. The monoisotopic (exact) mass is 524 g/mol. The van der Waals surface area contributed by atoms with Gasteiger partial charge >= 0.3 is 6.18 Å². The summed E-state index contributed by atoms with van der Waals surface area (Å²) in [6.45, 7) is 1.64. The molecule has 4 rings (SSSR count). The maximum absolute atomic E-state index is 12.9. The lowest BCUT2D eigenvalue weighted by atomic mass is 9.92. The summed E-state index contributed by atoms with van der Waals surface area (Å²) in [7, 11) is 1.44. The standard InChI is InChI=1S/C22H23F3N6O4S/c1-11-15(10-28-31(11)16-8-3-12(9-27-16)22(23,24)25)19(33)29-13-4-6-14(7-5-13)35-20-17(18(26)32)36-21(30-20)34-2/h3,8-10,13-14H,4-7H2,1-2H3,(H2,26,32)(H,29,33)/t13-,14-. The summed E-state index contributed by atoms with van der Waals surface area (Å²) >= 11 is 1.01. The van der Waals surface area contributed by atoms with Crippen LogP contribution in [0.4, 0.5) is 13.2 Å². The van der Waals surface area contributed by atoms with Crippen LogP contribution in [0.15, 0.2) is 24.5 Å². The van der Waals surface area contributed by atoms with E-state index in [1.54, 1.807) is 6.92 Å². The lowest BCUT2D eigenvalue weighted by Gasteiger charge is -2.29. The molecule has 192 valence electrons. The second kappa shape index (κ2) is 10.1. The number of carbonyl (C=O) groups excluding carboxylic acids is 2. The molecule has 0 aliphatic heterocycles. The Morgan fingerprint density at radius 3 is 2.50 bits per heavy atom. The molecule has 1 saturated carbocycles. The summed E-state index contributed by atoms with van der Waals surface area (Å²) in [6, 6.07) is 2.01. The second-order valence-electron chi connectivity index (χ2n) is 8.21. The molecule has 0 saturated heterocycles. The number of aromatic nitrogens is 4. The Morgan fingerprint density at radius 2 is 1.92 bits per heavy atom. The normalized spacial score (nSPS) is 18.0. The molecule has 3 aromatic rings. The highest BCUT2D eigenvalue weighted by molar-refractivity contribution is 7.15. The van der Waals surface area contributed by atoms with E-state index in [-0.39, 0.29) is 39.8 Å². The van der Waals surface area contributed by atoms with Crippen LogP contribution in [0.2, 0.25) is 0 Å². The Hall–Kier alpha value is -3.68. The van der Waals surface area contributed by atoms with Gasteiger partial charge < -0.3 is 20.5 Å². The molecule has 3 heterocycles. The zero-order valence-electron chi connectivity index (χ0n) is 19.3. The molecule has 1 aliphatic carbocycles. The fourth-order valence-electron chi connectivity index (χ4n) is 3.90. The van der Waals surface area contributed by atoms with E-state index in [1.165, 1.54) is 24.1 Å². The Kier molecular flexibility index (Phi) is 7.15. The van der Waals surface area contributed by atoms with Crippen molar-refractivity contribution in [2.45, 2.75) is 50.9 Å². The summed E-state index contributed by atoms with van der Waals surface area (Å²) in [5.41, 5.74) is 5.27. The number of alkyl halides is 3. The van der Waals surface area contributed by atoms with E-state index < -0.39 is 17.6 Å². The average Bonchev–Trinajstić information content (AvgIpc) is 3.43. The molecule has 0 unspecified atom stereocenters. The van der Waals surface area contributed by atoms with E-state index in [4.69, 9.17) is 15.2 Å². The summed E-state index contributed by atoms with van der Waals surface area (Å²) in [5.74, 6) is -0.660. The number of thiazole rings is 1. The van der Waals surface area contributed by atoms with Crippen molar-refractivity contribution in [3.63, 3.8) is 0 Å². The molecule has 1 aliphatic rings. The largest absolute Gasteiger partial charge is 0.473 e. The number of nitrogens with one attached hydrogen (secondary N) is 1. The van der Waals surface area contributed by atoms with E-state index >= 15 is 0 Å². The van der Waals surface area contributed by atoms with Crippen LogP contribution in [0, 0.1) is 6.92 Å². The van der Waals surface area contributed by atoms with Gasteiger partial charge in [0.25, 0.3) is 17.0 Å². The fourth-order valence-corrected chi connectivity index (χ4v) is 4.57. The number of primary amides is 1. The molecule has 0 bridgehead atoms. The zero-order chi connectivity index (χ0) is 26.0. The van der Waals surface area contributed by atoms with Crippen LogP contribution in [0.25, 0.3) is 5.82 Å². The first-order chi connectivity index (χ1) is 17.1. The summed E-state index contributed by atoms with van der Waals surface area (Å²) < 4.78 is 50.6. The van der Waals surface area contributed by atoms with Crippen LogP contribution < -0.4 is 20.5 Å². The lowest BCUT2D eigenvalue weighted by Crippen LogP contribution is -2.40. The molecule has 0 radical (unpaired) electrons. The van der Waals surface area contributed by atoms with Crippen LogP contribution >= 0.6 is 11.3 Å². The minimum absolute atomic E-state index is 0.107. The number of amides is 2. The Balaban J connectivity index is 1.35. The average molecular weight is 525 g/mol. The van der Waals surface area contributed by atoms with Gasteiger partial charge in [-0.1, -0.05) is 11.3 Å². The first-order valence-corrected chi connectivity index (χ1v) is 11.8. The van der Waals surface area contributed by atoms with Gasteiger partial charge in [-0.25, -0.2) is 9.67 Å². The maximum Gasteiger partial charge on any atom is 0.417 e.